The molecule has 0 saturated heterocycles. The minimum Gasteiger partial charge on any atom is -0.361 e. The van der Waals surface area contributed by atoms with Gasteiger partial charge < -0.3 is 10.3 Å². The van der Waals surface area contributed by atoms with Crippen molar-refractivity contribution in [2.75, 3.05) is 5.32 Å². The monoisotopic (exact) mass is 255 g/mol. The largest absolute Gasteiger partial charge is 0.361 e. The van der Waals surface area contributed by atoms with Crippen molar-refractivity contribution in [1.82, 2.24) is 9.97 Å². The van der Waals surface area contributed by atoms with Gasteiger partial charge in [-0.15, -0.1) is 0 Å². The standard InChI is InChI=1S/C14H10FN3O/c15-12-8-16-5-4-11(12)14(19)18-10-1-2-13-9(7-10)3-6-17-13/h1-8,17H,(H,18,19). The highest BCUT2D eigenvalue weighted by Gasteiger charge is 2.11. The Hall–Kier alpha value is -2.69. The fourth-order valence-electron chi connectivity index (χ4n) is 1.89. The molecule has 3 aromatic rings. The summed E-state index contributed by atoms with van der Waals surface area (Å²) in [5.41, 5.74) is 1.57. The molecular weight excluding hydrogens is 245 g/mol. The molecule has 4 nitrogen and oxygen atoms in total. The topological polar surface area (TPSA) is 57.8 Å². The van der Waals surface area contributed by atoms with Crippen LogP contribution in [0.2, 0.25) is 0 Å². The number of H-pyrrole nitrogens is 1. The minimum absolute atomic E-state index is 0.0239. The summed E-state index contributed by atoms with van der Waals surface area (Å²) in [5.74, 6) is -1.13. The zero-order chi connectivity index (χ0) is 13.2. The van der Waals surface area contributed by atoms with Crippen molar-refractivity contribution in [3.8, 4) is 0 Å². The van der Waals surface area contributed by atoms with Crippen molar-refractivity contribution < 1.29 is 9.18 Å². The van der Waals surface area contributed by atoms with Gasteiger partial charge in [0.15, 0.2) is 5.82 Å². The van der Waals surface area contributed by atoms with E-state index in [4.69, 9.17) is 0 Å². The van der Waals surface area contributed by atoms with E-state index in [2.05, 4.69) is 15.3 Å². The number of nitrogens with one attached hydrogen (secondary N) is 2. The normalized spacial score (nSPS) is 10.6. The predicted molar refractivity (Wildman–Crippen MR) is 70.4 cm³/mol. The molecule has 0 aliphatic heterocycles. The Morgan fingerprint density at radius 1 is 1.26 bits per heavy atom. The fourth-order valence-corrected chi connectivity index (χ4v) is 1.89. The van der Waals surface area contributed by atoms with Gasteiger partial charge in [0.05, 0.1) is 11.8 Å². The SMILES string of the molecule is O=C(Nc1ccc2[nH]ccc2c1)c1ccncc1F. The van der Waals surface area contributed by atoms with Crippen LogP contribution in [0.5, 0.6) is 0 Å². The molecule has 1 aromatic carbocycles. The number of rotatable bonds is 2. The molecule has 19 heavy (non-hydrogen) atoms. The summed E-state index contributed by atoms with van der Waals surface area (Å²) in [4.78, 5) is 18.6. The average Bonchev–Trinajstić information content (AvgIpc) is 2.86. The first-order valence-corrected chi connectivity index (χ1v) is 5.72. The third kappa shape index (κ3) is 2.18. The number of aromatic amines is 1. The number of carbonyl (C=O) groups excluding carboxylic acids is 1. The second-order valence-corrected chi connectivity index (χ2v) is 4.09. The first-order chi connectivity index (χ1) is 9.24. The minimum atomic E-state index is -0.636. The van der Waals surface area contributed by atoms with Crippen LogP contribution in [-0.4, -0.2) is 15.9 Å². The molecule has 94 valence electrons. The van der Waals surface area contributed by atoms with Crippen molar-refractivity contribution in [3.63, 3.8) is 0 Å². The summed E-state index contributed by atoms with van der Waals surface area (Å²) in [5, 5.41) is 3.64. The molecule has 0 spiro atoms. The number of anilines is 1. The van der Waals surface area contributed by atoms with Gasteiger partial charge in [-0.2, -0.15) is 0 Å². The smallest absolute Gasteiger partial charge is 0.258 e. The summed E-state index contributed by atoms with van der Waals surface area (Å²) in [6, 6.07) is 8.68. The summed E-state index contributed by atoms with van der Waals surface area (Å²) >= 11 is 0. The number of nitrogens with zero attached hydrogens (tertiary/aromatic N) is 1. The molecule has 2 aromatic heterocycles. The van der Waals surface area contributed by atoms with Crippen molar-refractivity contribution >= 4 is 22.5 Å². The number of hydrogen-bond donors (Lipinski definition) is 2. The number of hydrogen-bond acceptors (Lipinski definition) is 2. The van der Waals surface area contributed by atoms with E-state index in [0.717, 1.165) is 17.1 Å². The van der Waals surface area contributed by atoms with Crippen molar-refractivity contribution in [1.29, 1.82) is 0 Å². The lowest BCUT2D eigenvalue weighted by Gasteiger charge is -2.05. The van der Waals surface area contributed by atoms with Gasteiger partial charge in [-0.05, 0) is 30.3 Å². The molecule has 0 unspecified atom stereocenters. The van der Waals surface area contributed by atoms with E-state index in [0.29, 0.717) is 5.69 Å². The van der Waals surface area contributed by atoms with Gasteiger partial charge in [-0.1, -0.05) is 0 Å². The molecule has 3 rings (SSSR count). The second kappa shape index (κ2) is 4.53. The van der Waals surface area contributed by atoms with Crippen molar-refractivity contribution in [2.24, 2.45) is 0 Å². The molecule has 0 bridgehead atoms. The van der Waals surface area contributed by atoms with Crippen LogP contribution in [0, 0.1) is 5.82 Å². The highest BCUT2D eigenvalue weighted by molar-refractivity contribution is 6.05. The van der Waals surface area contributed by atoms with Crippen molar-refractivity contribution in [2.45, 2.75) is 0 Å². The Kier molecular flexibility index (Phi) is 2.72. The van der Waals surface area contributed by atoms with Gasteiger partial charge in [0, 0.05) is 29.0 Å². The third-order valence-electron chi connectivity index (χ3n) is 2.83. The fraction of sp³-hybridized carbons (Fsp3) is 0. The summed E-state index contributed by atoms with van der Waals surface area (Å²) in [7, 11) is 0. The van der Waals surface area contributed by atoms with E-state index >= 15 is 0 Å². The van der Waals surface area contributed by atoms with Crippen LogP contribution in [0.15, 0.2) is 48.9 Å². The van der Waals surface area contributed by atoms with Crippen LogP contribution < -0.4 is 5.32 Å². The summed E-state index contributed by atoms with van der Waals surface area (Å²) in [6.45, 7) is 0. The summed E-state index contributed by atoms with van der Waals surface area (Å²) < 4.78 is 13.4. The van der Waals surface area contributed by atoms with Crippen LogP contribution in [-0.2, 0) is 0 Å². The Balaban J connectivity index is 1.88. The Bertz CT molecular complexity index is 751. The lowest BCUT2D eigenvalue weighted by Crippen LogP contribution is -2.13. The quantitative estimate of drug-likeness (QED) is 0.739. The van der Waals surface area contributed by atoms with Gasteiger partial charge in [-0.3, -0.25) is 9.78 Å². The molecule has 2 N–H and O–H groups in total. The summed E-state index contributed by atoms with van der Waals surface area (Å²) in [6.07, 6.45) is 4.22. The molecule has 0 fully saturated rings. The number of amides is 1. The van der Waals surface area contributed by atoms with E-state index in [1.165, 1.54) is 12.3 Å². The number of aromatic nitrogens is 2. The van der Waals surface area contributed by atoms with E-state index in [1.54, 1.807) is 6.07 Å². The molecule has 0 radical (unpaired) electrons. The molecule has 0 aliphatic rings. The van der Waals surface area contributed by atoms with Crippen LogP contribution in [0.25, 0.3) is 10.9 Å². The van der Waals surface area contributed by atoms with Gasteiger partial charge in [0.1, 0.15) is 0 Å². The van der Waals surface area contributed by atoms with E-state index in [9.17, 15) is 9.18 Å². The molecule has 5 heteroatoms. The maximum atomic E-state index is 13.4. The van der Waals surface area contributed by atoms with E-state index in [1.807, 2.05) is 24.4 Å². The Morgan fingerprint density at radius 2 is 2.16 bits per heavy atom. The van der Waals surface area contributed by atoms with E-state index in [-0.39, 0.29) is 5.56 Å². The molecule has 1 amide bonds. The molecule has 0 saturated carbocycles. The maximum Gasteiger partial charge on any atom is 0.258 e. The van der Waals surface area contributed by atoms with Crippen LogP contribution in [0.3, 0.4) is 0 Å². The Morgan fingerprint density at radius 3 is 3.00 bits per heavy atom. The molecular formula is C14H10FN3O. The molecule has 0 atom stereocenters. The van der Waals surface area contributed by atoms with Crippen molar-refractivity contribution in [3.05, 3.63) is 60.3 Å². The van der Waals surface area contributed by atoms with Crippen LogP contribution in [0.1, 0.15) is 10.4 Å². The van der Waals surface area contributed by atoms with E-state index < -0.39 is 11.7 Å². The highest BCUT2D eigenvalue weighted by Crippen LogP contribution is 2.18. The third-order valence-corrected chi connectivity index (χ3v) is 2.83. The number of carbonyl (C=O) groups is 1. The second-order valence-electron chi connectivity index (χ2n) is 4.09. The van der Waals surface area contributed by atoms with Gasteiger partial charge in [-0.25, -0.2) is 4.39 Å². The Labute approximate surface area is 108 Å². The van der Waals surface area contributed by atoms with Crippen LogP contribution >= 0.6 is 0 Å². The first kappa shape index (κ1) is 11.4. The number of halogens is 1. The lowest BCUT2D eigenvalue weighted by atomic mass is 10.2. The van der Waals surface area contributed by atoms with Crippen LogP contribution in [0.4, 0.5) is 10.1 Å². The zero-order valence-electron chi connectivity index (χ0n) is 9.85. The number of pyridine rings is 1. The molecule has 0 aliphatic carbocycles. The maximum absolute atomic E-state index is 13.4. The zero-order valence-corrected chi connectivity index (χ0v) is 9.85. The average molecular weight is 255 g/mol. The van der Waals surface area contributed by atoms with Gasteiger partial charge >= 0.3 is 0 Å². The predicted octanol–water partition coefficient (Wildman–Crippen LogP) is 2.95. The van der Waals surface area contributed by atoms with Gasteiger partial charge in [0.25, 0.3) is 5.91 Å². The lowest BCUT2D eigenvalue weighted by molar-refractivity contribution is 0.102. The molecule has 2 heterocycles. The highest BCUT2D eigenvalue weighted by atomic mass is 19.1. The first-order valence-electron chi connectivity index (χ1n) is 5.72. The number of benzene rings is 1. The number of fused-ring (bicyclic) bond motifs is 1. The van der Waals surface area contributed by atoms with Gasteiger partial charge in [0.2, 0.25) is 0 Å².